The van der Waals surface area contributed by atoms with Gasteiger partial charge in [-0.3, -0.25) is 4.79 Å². The van der Waals surface area contributed by atoms with E-state index in [4.69, 9.17) is 9.47 Å². The fraction of sp³-hybridized carbons (Fsp3) is 0.318. The summed E-state index contributed by atoms with van der Waals surface area (Å²) in [4.78, 5) is 14.6. The minimum atomic E-state index is -3.53. The van der Waals surface area contributed by atoms with E-state index >= 15 is 0 Å². The van der Waals surface area contributed by atoms with Gasteiger partial charge >= 0.3 is 0 Å². The van der Waals surface area contributed by atoms with Crippen molar-refractivity contribution >= 4 is 27.7 Å². The number of hydrogen-bond acceptors (Lipinski definition) is 6. The van der Waals surface area contributed by atoms with E-state index in [1.165, 1.54) is 22.5 Å². The first-order valence-corrected chi connectivity index (χ1v) is 11.3. The van der Waals surface area contributed by atoms with Crippen molar-refractivity contribution in [3.8, 4) is 11.5 Å². The van der Waals surface area contributed by atoms with Crippen molar-refractivity contribution in [2.24, 2.45) is 0 Å². The van der Waals surface area contributed by atoms with Crippen LogP contribution in [0.4, 0.5) is 5.69 Å². The molecule has 1 N–H and O–H groups in total. The van der Waals surface area contributed by atoms with Crippen LogP contribution in [0.25, 0.3) is 6.08 Å². The lowest BCUT2D eigenvalue weighted by Crippen LogP contribution is -2.46. The van der Waals surface area contributed by atoms with Crippen LogP contribution < -0.4 is 14.8 Å². The monoisotopic (exact) mass is 445 g/mol. The highest BCUT2D eigenvalue weighted by Crippen LogP contribution is 2.28. The molecule has 31 heavy (non-hydrogen) atoms. The quantitative estimate of drug-likeness (QED) is 0.658. The highest BCUT2D eigenvalue weighted by atomic mass is 32.2. The third-order valence-corrected chi connectivity index (χ3v) is 6.97. The number of carbonyl (C=O) groups is 1. The SMILES string of the molecule is COc1ccc(/C=C\C(=O)Nc2ccc(S(=O)(=O)N3CCN(C)CC3)cc2)cc1OC. The van der Waals surface area contributed by atoms with Crippen molar-refractivity contribution < 1.29 is 22.7 Å². The van der Waals surface area contributed by atoms with Crippen LogP contribution in [0.1, 0.15) is 5.56 Å². The minimum absolute atomic E-state index is 0.218. The average Bonchev–Trinajstić information content (AvgIpc) is 2.78. The second kappa shape index (κ2) is 9.95. The van der Waals surface area contributed by atoms with Crippen molar-refractivity contribution in [1.29, 1.82) is 0 Å². The first-order valence-electron chi connectivity index (χ1n) is 9.83. The Labute approximate surface area is 183 Å². The van der Waals surface area contributed by atoms with Gasteiger partial charge in [-0.1, -0.05) is 6.07 Å². The largest absolute Gasteiger partial charge is 0.493 e. The summed E-state index contributed by atoms with van der Waals surface area (Å²) in [6.45, 7) is 2.36. The summed E-state index contributed by atoms with van der Waals surface area (Å²) in [5.74, 6) is 0.849. The third-order valence-electron chi connectivity index (χ3n) is 5.06. The van der Waals surface area contributed by atoms with Gasteiger partial charge in [-0.15, -0.1) is 0 Å². The summed E-state index contributed by atoms with van der Waals surface area (Å²) in [6, 6.07) is 11.5. The number of methoxy groups -OCH3 is 2. The average molecular weight is 446 g/mol. The highest BCUT2D eigenvalue weighted by Gasteiger charge is 2.27. The Kier molecular flexibility index (Phi) is 7.32. The Morgan fingerprint density at radius 2 is 1.61 bits per heavy atom. The lowest BCUT2D eigenvalue weighted by atomic mass is 10.2. The third kappa shape index (κ3) is 5.63. The lowest BCUT2D eigenvalue weighted by molar-refractivity contribution is -0.111. The fourth-order valence-corrected chi connectivity index (χ4v) is 4.62. The number of benzene rings is 2. The van der Waals surface area contributed by atoms with Gasteiger partial charge in [-0.05, 0) is 55.1 Å². The number of carbonyl (C=O) groups excluding carboxylic acids is 1. The van der Waals surface area contributed by atoms with Gasteiger partial charge in [0.2, 0.25) is 15.9 Å². The normalized spacial score (nSPS) is 15.7. The van der Waals surface area contributed by atoms with E-state index in [0.717, 1.165) is 5.56 Å². The zero-order chi connectivity index (χ0) is 22.4. The Morgan fingerprint density at radius 1 is 0.968 bits per heavy atom. The number of nitrogens with one attached hydrogen (secondary N) is 1. The molecule has 1 heterocycles. The number of anilines is 1. The lowest BCUT2D eigenvalue weighted by Gasteiger charge is -2.31. The zero-order valence-corrected chi connectivity index (χ0v) is 18.7. The summed E-state index contributed by atoms with van der Waals surface area (Å²) in [6.07, 6.45) is 3.06. The molecule has 166 valence electrons. The van der Waals surface area contributed by atoms with Gasteiger partial charge in [-0.25, -0.2) is 8.42 Å². The van der Waals surface area contributed by atoms with Crippen LogP contribution >= 0.6 is 0 Å². The van der Waals surface area contributed by atoms with Gasteiger partial charge < -0.3 is 19.7 Å². The molecule has 0 atom stereocenters. The van der Waals surface area contributed by atoms with E-state index in [-0.39, 0.29) is 10.8 Å². The molecular weight excluding hydrogens is 418 g/mol. The first-order chi connectivity index (χ1) is 14.8. The second-order valence-electron chi connectivity index (χ2n) is 7.17. The summed E-state index contributed by atoms with van der Waals surface area (Å²) < 4.78 is 37.5. The van der Waals surface area contributed by atoms with E-state index in [9.17, 15) is 13.2 Å². The molecule has 0 bridgehead atoms. The maximum Gasteiger partial charge on any atom is 0.248 e. The number of piperazine rings is 1. The van der Waals surface area contributed by atoms with Crippen molar-refractivity contribution in [2.75, 3.05) is 52.8 Å². The topological polar surface area (TPSA) is 88.2 Å². The van der Waals surface area contributed by atoms with Crippen molar-refractivity contribution in [3.05, 3.63) is 54.1 Å². The van der Waals surface area contributed by atoms with Gasteiger partial charge in [0.05, 0.1) is 19.1 Å². The minimum Gasteiger partial charge on any atom is -0.493 e. The molecule has 2 aromatic rings. The molecule has 8 nitrogen and oxygen atoms in total. The molecule has 0 unspecified atom stereocenters. The van der Waals surface area contributed by atoms with E-state index in [1.54, 1.807) is 44.6 Å². The molecule has 2 aromatic carbocycles. The summed E-state index contributed by atoms with van der Waals surface area (Å²) in [7, 11) is 1.55. The predicted molar refractivity (Wildman–Crippen MR) is 120 cm³/mol. The molecule has 1 amide bonds. The van der Waals surface area contributed by atoms with E-state index in [1.807, 2.05) is 13.1 Å². The number of amides is 1. The standard InChI is InChI=1S/C22H27N3O5S/c1-24-12-14-25(15-13-24)31(27,28)19-8-6-18(7-9-19)23-22(26)11-5-17-4-10-20(29-2)21(16-17)30-3/h4-11,16H,12-15H2,1-3H3,(H,23,26)/b11-5-. The molecule has 0 spiro atoms. The molecule has 0 aromatic heterocycles. The summed E-state index contributed by atoms with van der Waals surface area (Å²) >= 11 is 0. The molecule has 3 rings (SSSR count). The second-order valence-corrected chi connectivity index (χ2v) is 9.11. The van der Waals surface area contributed by atoms with Gasteiger partial charge in [0.1, 0.15) is 0 Å². The van der Waals surface area contributed by atoms with Crippen LogP contribution in [-0.2, 0) is 14.8 Å². The van der Waals surface area contributed by atoms with E-state index in [2.05, 4.69) is 10.2 Å². The molecule has 9 heteroatoms. The molecular formula is C22H27N3O5S. The molecule has 0 saturated carbocycles. The Bertz CT molecular complexity index is 1040. The van der Waals surface area contributed by atoms with Crippen LogP contribution in [0, 0.1) is 0 Å². The van der Waals surface area contributed by atoms with E-state index < -0.39 is 10.0 Å². The molecule has 1 aliphatic rings. The van der Waals surface area contributed by atoms with Gasteiger partial charge in [0, 0.05) is 37.9 Å². The summed E-state index contributed by atoms with van der Waals surface area (Å²) in [5.41, 5.74) is 1.29. The molecule has 0 aliphatic carbocycles. The fourth-order valence-electron chi connectivity index (χ4n) is 3.20. The first kappa shape index (κ1) is 22.8. The number of sulfonamides is 1. The zero-order valence-electron chi connectivity index (χ0n) is 17.9. The molecule has 0 radical (unpaired) electrons. The van der Waals surface area contributed by atoms with Crippen molar-refractivity contribution in [2.45, 2.75) is 4.90 Å². The van der Waals surface area contributed by atoms with Crippen LogP contribution in [0.2, 0.25) is 0 Å². The number of rotatable bonds is 7. The Morgan fingerprint density at radius 3 is 2.23 bits per heavy atom. The molecule has 1 saturated heterocycles. The highest BCUT2D eigenvalue weighted by molar-refractivity contribution is 7.89. The van der Waals surface area contributed by atoms with Crippen LogP contribution in [0.5, 0.6) is 11.5 Å². The van der Waals surface area contributed by atoms with Gasteiger partial charge in [0.25, 0.3) is 0 Å². The Hall–Kier alpha value is -2.88. The predicted octanol–water partition coefficient (Wildman–Crippen LogP) is 2.29. The van der Waals surface area contributed by atoms with Crippen molar-refractivity contribution in [1.82, 2.24) is 9.21 Å². The van der Waals surface area contributed by atoms with E-state index in [0.29, 0.717) is 43.4 Å². The van der Waals surface area contributed by atoms with Gasteiger partial charge in [0.15, 0.2) is 11.5 Å². The molecule has 1 fully saturated rings. The number of ether oxygens (including phenoxy) is 2. The van der Waals surface area contributed by atoms with Gasteiger partial charge in [-0.2, -0.15) is 4.31 Å². The maximum absolute atomic E-state index is 12.8. The smallest absolute Gasteiger partial charge is 0.248 e. The van der Waals surface area contributed by atoms with Crippen molar-refractivity contribution in [3.63, 3.8) is 0 Å². The van der Waals surface area contributed by atoms with Crippen LogP contribution in [-0.4, -0.2) is 71.0 Å². The summed E-state index contributed by atoms with van der Waals surface area (Å²) in [5, 5.41) is 2.73. The Balaban J connectivity index is 1.63. The number of likely N-dealkylation sites (N-methyl/N-ethyl adjacent to an activating group) is 1. The molecule has 1 aliphatic heterocycles. The van der Waals surface area contributed by atoms with Crippen LogP contribution in [0.15, 0.2) is 53.4 Å². The number of nitrogens with zero attached hydrogens (tertiary/aromatic N) is 2. The number of hydrogen-bond donors (Lipinski definition) is 1. The maximum atomic E-state index is 12.8. The van der Waals surface area contributed by atoms with Crippen LogP contribution in [0.3, 0.4) is 0 Å².